The average molecular weight is 424 g/mol. The number of carboxylic acids is 2. The molecular formula is C18H24N4O8. The minimum absolute atomic E-state index is 0.0217. The van der Waals surface area contributed by atoms with Crippen LogP contribution in [0.2, 0.25) is 0 Å². The number of phenols is 1. The molecule has 0 bridgehead atoms. The smallest absolute Gasteiger partial charge is 0.326 e. The second-order valence-corrected chi connectivity index (χ2v) is 6.54. The second kappa shape index (κ2) is 11.4. The van der Waals surface area contributed by atoms with Crippen molar-refractivity contribution in [1.82, 2.24) is 10.6 Å². The lowest BCUT2D eigenvalue weighted by atomic mass is 10.0. The third-order valence-corrected chi connectivity index (χ3v) is 4.04. The molecule has 0 saturated carbocycles. The zero-order chi connectivity index (χ0) is 22.8. The molecule has 0 aliphatic carbocycles. The molecular weight excluding hydrogens is 400 g/mol. The van der Waals surface area contributed by atoms with Crippen LogP contribution >= 0.6 is 0 Å². The molecule has 1 aromatic rings. The van der Waals surface area contributed by atoms with Gasteiger partial charge in [-0.05, 0) is 24.1 Å². The Labute approximate surface area is 171 Å². The number of amides is 3. The lowest BCUT2D eigenvalue weighted by Gasteiger charge is -2.22. The molecule has 0 saturated heterocycles. The average Bonchev–Trinajstić information content (AvgIpc) is 2.65. The number of nitrogens with two attached hydrogens (primary N) is 2. The van der Waals surface area contributed by atoms with Crippen molar-refractivity contribution in [3.8, 4) is 5.75 Å². The monoisotopic (exact) mass is 424 g/mol. The fraction of sp³-hybridized carbons (Fsp3) is 0.389. The van der Waals surface area contributed by atoms with Crippen LogP contribution in [-0.4, -0.2) is 63.1 Å². The van der Waals surface area contributed by atoms with E-state index >= 15 is 0 Å². The first-order chi connectivity index (χ1) is 14.0. The van der Waals surface area contributed by atoms with Gasteiger partial charge in [0.2, 0.25) is 17.7 Å². The molecule has 0 radical (unpaired) electrons. The first-order valence-electron chi connectivity index (χ1n) is 8.86. The quantitative estimate of drug-likeness (QED) is 0.198. The van der Waals surface area contributed by atoms with Gasteiger partial charge in [0.25, 0.3) is 0 Å². The molecule has 164 valence electrons. The Morgan fingerprint density at radius 3 is 2.00 bits per heavy atom. The maximum absolute atomic E-state index is 12.5. The number of aliphatic carboxylic acids is 2. The summed E-state index contributed by atoms with van der Waals surface area (Å²) in [7, 11) is 0. The van der Waals surface area contributed by atoms with E-state index in [1.165, 1.54) is 24.3 Å². The molecule has 0 heterocycles. The van der Waals surface area contributed by atoms with E-state index in [2.05, 4.69) is 10.6 Å². The van der Waals surface area contributed by atoms with Gasteiger partial charge in [-0.3, -0.25) is 19.2 Å². The summed E-state index contributed by atoms with van der Waals surface area (Å²) in [5.74, 6) is -5.41. The van der Waals surface area contributed by atoms with E-state index in [1.54, 1.807) is 0 Å². The van der Waals surface area contributed by atoms with Crippen LogP contribution in [0, 0.1) is 0 Å². The summed E-state index contributed by atoms with van der Waals surface area (Å²) in [5.41, 5.74) is 11.1. The lowest BCUT2D eigenvalue weighted by molar-refractivity contribution is -0.143. The number of carbonyl (C=O) groups is 5. The Kier molecular flexibility index (Phi) is 9.23. The van der Waals surface area contributed by atoms with Gasteiger partial charge in [-0.2, -0.15) is 0 Å². The molecule has 0 spiro atoms. The van der Waals surface area contributed by atoms with Crippen molar-refractivity contribution in [2.45, 2.75) is 43.8 Å². The number of phenolic OH excluding ortho intramolecular Hbond substituents is 1. The van der Waals surface area contributed by atoms with Gasteiger partial charge in [0.1, 0.15) is 17.8 Å². The van der Waals surface area contributed by atoms with Crippen LogP contribution in [0.25, 0.3) is 0 Å². The lowest BCUT2D eigenvalue weighted by Crippen LogP contribution is -2.55. The van der Waals surface area contributed by atoms with Crippen molar-refractivity contribution in [3.05, 3.63) is 29.8 Å². The van der Waals surface area contributed by atoms with Gasteiger partial charge >= 0.3 is 11.9 Å². The van der Waals surface area contributed by atoms with Gasteiger partial charge in [0.05, 0.1) is 12.5 Å². The van der Waals surface area contributed by atoms with Crippen LogP contribution < -0.4 is 22.1 Å². The molecule has 12 nitrogen and oxygen atoms in total. The van der Waals surface area contributed by atoms with E-state index in [0.717, 1.165) is 0 Å². The highest BCUT2D eigenvalue weighted by Gasteiger charge is 2.29. The number of nitrogens with one attached hydrogen (secondary N) is 2. The number of hydrogen-bond acceptors (Lipinski definition) is 7. The number of rotatable bonds is 12. The second-order valence-electron chi connectivity index (χ2n) is 6.54. The van der Waals surface area contributed by atoms with Crippen molar-refractivity contribution >= 4 is 29.7 Å². The number of aromatic hydroxyl groups is 1. The maximum atomic E-state index is 12.5. The number of hydrogen-bond donors (Lipinski definition) is 7. The van der Waals surface area contributed by atoms with Gasteiger partial charge < -0.3 is 37.4 Å². The Morgan fingerprint density at radius 1 is 0.933 bits per heavy atom. The maximum Gasteiger partial charge on any atom is 0.326 e. The SMILES string of the molecule is NC(=O)CCC(N)C(=O)NC(CC(=O)O)C(=O)NC(Cc1ccc(O)cc1)C(=O)O. The van der Waals surface area contributed by atoms with E-state index in [0.29, 0.717) is 5.56 Å². The van der Waals surface area contributed by atoms with E-state index in [9.17, 15) is 34.2 Å². The van der Waals surface area contributed by atoms with Gasteiger partial charge in [-0.1, -0.05) is 12.1 Å². The Morgan fingerprint density at radius 2 is 1.50 bits per heavy atom. The van der Waals surface area contributed by atoms with E-state index in [-0.39, 0.29) is 25.0 Å². The van der Waals surface area contributed by atoms with E-state index < -0.39 is 54.2 Å². The molecule has 1 aromatic carbocycles. The van der Waals surface area contributed by atoms with Crippen molar-refractivity contribution < 1.29 is 39.3 Å². The fourth-order valence-corrected chi connectivity index (χ4v) is 2.43. The number of primary amides is 1. The van der Waals surface area contributed by atoms with Crippen LogP contribution in [-0.2, 0) is 30.4 Å². The largest absolute Gasteiger partial charge is 0.508 e. The van der Waals surface area contributed by atoms with Crippen LogP contribution in [0.3, 0.4) is 0 Å². The normalized spacial score (nSPS) is 13.5. The summed E-state index contributed by atoms with van der Waals surface area (Å²) < 4.78 is 0. The number of carbonyl (C=O) groups excluding carboxylic acids is 3. The third kappa shape index (κ3) is 8.56. The summed E-state index contributed by atoms with van der Waals surface area (Å²) >= 11 is 0. The van der Waals surface area contributed by atoms with Gasteiger partial charge in [0.15, 0.2) is 0 Å². The van der Waals surface area contributed by atoms with Crippen molar-refractivity contribution in [3.63, 3.8) is 0 Å². The first-order valence-corrected chi connectivity index (χ1v) is 8.86. The topological polar surface area (TPSA) is 222 Å². The Balaban J connectivity index is 2.85. The van der Waals surface area contributed by atoms with E-state index in [4.69, 9.17) is 16.6 Å². The zero-order valence-corrected chi connectivity index (χ0v) is 15.9. The predicted octanol–water partition coefficient (Wildman–Crippen LogP) is -1.94. The van der Waals surface area contributed by atoms with Crippen molar-refractivity contribution in [2.24, 2.45) is 11.5 Å². The molecule has 30 heavy (non-hydrogen) atoms. The highest BCUT2D eigenvalue weighted by Crippen LogP contribution is 2.11. The Bertz CT molecular complexity index is 796. The third-order valence-electron chi connectivity index (χ3n) is 4.04. The summed E-state index contributed by atoms with van der Waals surface area (Å²) in [6.07, 6.45) is -1.25. The number of benzene rings is 1. The molecule has 0 aliphatic rings. The molecule has 0 fully saturated rings. The predicted molar refractivity (Wildman–Crippen MR) is 102 cm³/mol. The summed E-state index contributed by atoms with van der Waals surface area (Å²) in [5, 5.41) is 32.0. The highest BCUT2D eigenvalue weighted by atomic mass is 16.4. The van der Waals surface area contributed by atoms with Crippen molar-refractivity contribution in [1.29, 1.82) is 0 Å². The molecule has 3 atom stereocenters. The standard InChI is InChI=1S/C18H24N4O8/c19-11(5-6-14(20)24)16(27)21-12(8-15(25)26)17(28)22-13(18(29)30)7-9-1-3-10(23)4-2-9/h1-4,11-13,23H,5-8,19H2,(H2,20,24)(H,21,27)(H,22,28)(H,25,26)(H,29,30). The van der Waals surface area contributed by atoms with Crippen LogP contribution in [0.4, 0.5) is 0 Å². The van der Waals surface area contributed by atoms with Gasteiger partial charge in [-0.25, -0.2) is 4.79 Å². The van der Waals surface area contributed by atoms with E-state index in [1.807, 2.05) is 0 Å². The minimum atomic E-state index is -1.59. The summed E-state index contributed by atoms with van der Waals surface area (Å²) in [4.78, 5) is 57.9. The molecule has 0 aromatic heterocycles. The van der Waals surface area contributed by atoms with Crippen LogP contribution in [0.1, 0.15) is 24.8 Å². The molecule has 9 N–H and O–H groups in total. The molecule has 1 rings (SSSR count). The van der Waals surface area contributed by atoms with Gasteiger partial charge in [0, 0.05) is 12.8 Å². The Hall–Kier alpha value is -3.67. The number of carboxylic acid groups (broad SMARTS) is 2. The minimum Gasteiger partial charge on any atom is -0.508 e. The highest BCUT2D eigenvalue weighted by molar-refractivity contribution is 5.94. The van der Waals surface area contributed by atoms with Gasteiger partial charge in [-0.15, -0.1) is 0 Å². The molecule has 12 heteroatoms. The fourth-order valence-electron chi connectivity index (χ4n) is 2.43. The molecule has 3 amide bonds. The molecule has 0 aliphatic heterocycles. The van der Waals surface area contributed by atoms with Crippen molar-refractivity contribution in [2.75, 3.05) is 0 Å². The van der Waals surface area contributed by atoms with Crippen LogP contribution in [0.5, 0.6) is 5.75 Å². The van der Waals surface area contributed by atoms with Crippen LogP contribution in [0.15, 0.2) is 24.3 Å². The summed E-state index contributed by atoms with van der Waals surface area (Å²) in [6.45, 7) is 0. The zero-order valence-electron chi connectivity index (χ0n) is 15.9. The molecule has 3 unspecified atom stereocenters. The summed E-state index contributed by atoms with van der Waals surface area (Å²) in [6, 6.07) is 1.40. The first kappa shape index (κ1) is 24.4.